The van der Waals surface area contributed by atoms with Crippen LogP contribution in [0.1, 0.15) is 16.8 Å². The van der Waals surface area contributed by atoms with E-state index in [0.29, 0.717) is 21.4 Å². The Morgan fingerprint density at radius 1 is 0.880 bits per heavy atom. The van der Waals surface area contributed by atoms with Crippen LogP contribution in [0.25, 0.3) is 0 Å². The quantitative estimate of drug-likeness (QED) is 0.558. The van der Waals surface area contributed by atoms with Gasteiger partial charge in [-0.1, -0.05) is 23.2 Å². The molecule has 2 aromatic carbocycles. The second-order valence-electron chi connectivity index (χ2n) is 5.04. The van der Waals surface area contributed by atoms with Gasteiger partial charge in [-0.05, 0) is 48.5 Å². The van der Waals surface area contributed by atoms with Crippen molar-refractivity contribution >= 4 is 35.1 Å². The first kappa shape index (κ1) is 19.1. The number of carbonyl (C=O) groups is 2. The molecule has 0 spiro atoms. The van der Waals surface area contributed by atoms with Gasteiger partial charge in [0.15, 0.2) is 0 Å². The van der Waals surface area contributed by atoms with E-state index in [-0.39, 0.29) is 32.1 Å². The topological polar surface area (TPSA) is 64.6 Å². The summed E-state index contributed by atoms with van der Waals surface area (Å²) in [5.74, 6) is -0.0256. The third kappa shape index (κ3) is 7.03. The largest absolute Gasteiger partial charge is 0.490 e. The van der Waals surface area contributed by atoms with Crippen LogP contribution in [0.3, 0.4) is 0 Å². The highest BCUT2D eigenvalue weighted by Crippen LogP contribution is 2.15. The minimum atomic E-state index is -0.406. The Hall–Kier alpha value is -2.24. The van der Waals surface area contributed by atoms with E-state index in [0.717, 1.165) is 0 Å². The van der Waals surface area contributed by atoms with Crippen molar-refractivity contribution in [2.45, 2.75) is 6.42 Å². The van der Waals surface area contributed by atoms with Crippen LogP contribution < -0.4 is 10.1 Å². The first-order chi connectivity index (χ1) is 12.0. The Morgan fingerprint density at radius 2 is 1.48 bits per heavy atom. The molecule has 132 valence electrons. The van der Waals surface area contributed by atoms with Crippen molar-refractivity contribution in [3.63, 3.8) is 0 Å². The molecular weight excluding hydrogens is 365 g/mol. The lowest BCUT2D eigenvalue weighted by Gasteiger charge is -2.08. The van der Waals surface area contributed by atoms with Crippen LogP contribution in [0.5, 0.6) is 5.75 Å². The fourth-order valence-electron chi connectivity index (χ4n) is 1.90. The number of rotatable bonds is 8. The molecule has 5 nitrogen and oxygen atoms in total. The number of halogens is 2. The zero-order chi connectivity index (χ0) is 18.1. The van der Waals surface area contributed by atoms with Crippen molar-refractivity contribution in [2.24, 2.45) is 0 Å². The van der Waals surface area contributed by atoms with E-state index in [1.807, 2.05) is 0 Å². The van der Waals surface area contributed by atoms with E-state index < -0.39 is 5.97 Å². The molecule has 1 amide bonds. The monoisotopic (exact) mass is 381 g/mol. The van der Waals surface area contributed by atoms with Gasteiger partial charge in [0.1, 0.15) is 19.0 Å². The predicted molar refractivity (Wildman–Crippen MR) is 96.3 cm³/mol. The van der Waals surface area contributed by atoms with E-state index in [1.165, 1.54) is 0 Å². The highest BCUT2D eigenvalue weighted by Gasteiger charge is 2.07. The summed E-state index contributed by atoms with van der Waals surface area (Å²) in [7, 11) is 0. The second-order valence-corrected chi connectivity index (χ2v) is 5.91. The van der Waals surface area contributed by atoms with Crippen molar-refractivity contribution < 1.29 is 19.1 Å². The molecule has 0 saturated heterocycles. The van der Waals surface area contributed by atoms with Crippen LogP contribution >= 0.6 is 23.2 Å². The maximum Gasteiger partial charge on any atom is 0.307 e. The maximum atomic E-state index is 11.8. The van der Waals surface area contributed by atoms with Crippen molar-refractivity contribution in [1.29, 1.82) is 0 Å². The van der Waals surface area contributed by atoms with Crippen LogP contribution in [0, 0.1) is 0 Å². The van der Waals surface area contributed by atoms with Crippen LogP contribution in [0.15, 0.2) is 48.5 Å². The zero-order valence-electron chi connectivity index (χ0n) is 13.3. The Kier molecular flexibility index (Phi) is 7.57. The average molecular weight is 382 g/mol. The standard InChI is InChI=1S/C18H17Cl2NO4/c19-14-3-1-13(2-4-14)18(23)21-10-9-17(22)25-12-11-24-16-7-5-15(20)6-8-16/h1-8H,9-12H2,(H,21,23). The normalized spacial score (nSPS) is 10.2. The van der Waals surface area contributed by atoms with E-state index in [4.69, 9.17) is 32.7 Å². The van der Waals surface area contributed by atoms with Crippen molar-refractivity contribution in [2.75, 3.05) is 19.8 Å². The molecule has 0 aliphatic heterocycles. The van der Waals surface area contributed by atoms with Crippen molar-refractivity contribution in [1.82, 2.24) is 5.32 Å². The summed E-state index contributed by atoms with van der Waals surface area (Å²) in [6, 6.07) is 13.4. The van der Waals surface area contributed by atoms with Crippen molar-refractivity contribution in [3.8, 4) is 5.75 Å². The van der Waals surface area contributed by atoms with Crippen molar-refractivity contribution in [3.05, 3.63) is 64.1 Å². The second kappa shape index (κ2) is 9.91. The van der Waals surface area contributed by atoms with Gasteiger partial charge in [0.2, 0.25) is 0 Å². The Balaban J connectivity index is 1.58. The summed E-state index contributed by atoms with van der Waals surface area (Å²) >= 11 is 11.5. The van der Waals surface area contributed by atoms with Gasteiger partial charge in [0, 0.05) is 22.2 Å². The molecule has 0 heterocycles. The molecule has 2 aromatic rings. The Morgan fingerprint density at radius 3 is 2.12 bits per heavy atom. The van der Waals surface area contributed by atoms with Gasteiger partial charge in [-0.25, -0.2) is 0 Å². The number of amides is 1. The summed E-state index contributed by atoms with van der Waals surface area (Å²) in [4.78, 5) is 23.4. The zero-order valence-corrected chi connectivity index (χ0v) is 14.8. The molecule has 0 aromatic heterocycles. The summed E-state index contributed by atoms with van der Waals surface area (Å²) in [5.41, 5.74) is 0.481. The molecule has 0 fully saturated rings. The van der Waals surface area contributed by atoms with Gasteiger partial charge < -0.3 is 14.8 Å². The molecule has 1 N–H and O–H groups in total. The molecule has 0 radical (unpaired) electrons. The van der Waals surface area contributed by atoms with E-state index in [9.17, 15) is 9.59 Å². The molecule has 0 aliphatic carbocycles. The number of carbonyl (C=O) groups excluding carboxylic acids is 2. The lowest BCUT2D eigenvalue weighted by atomic mass is 10.2. The number of hydrogen-bond acceptors (Lipinski definition) is 4. The SMILES string of the molecule is O=C(CCNC(=O)c1ccc(Cl)cc1)OCCOc1ccc(Cl)cc1. The summed E-state index contributed by atoms with van der Waals surface area (Å²) in [5, 5.41) is 3.83. The average Bonchev–Trinajstić information content (AvgIpc) is 2.61. The number of ether oxygens (including phenoxy) is 2. The van der Waals surface area contributed by atoms with Crippen LogP contribution in [0.2, 0.25) is 10.0 Å². The number of hydrogen-bond donors (Lipinski definition) is 1. The maximum absolute atomic E-state index is 11.8. The first-order valence-corrected chi connectivity index (χ1v) is 8.38. The molecule has 2 rings (SSSR count). The first-order valence-electron chi connectivity index (χ1n) is 7.62. The molecule has 7 heteroatoms. The molecule has 0 aliphatic rings. The third-order valence-electron chi connectivity index (χ3n) is 3.15. The molecule has 0 bridgehead atoms. The third-order valence-corrected chi connectivity index (χ3v) is 3.65. The highest BCUT2D eigenvalue weighted by molar-refractivity contribution is 6.30. The van der Waals surface area contributed by atoms with E-state index in [1.54, 1.807) is 48.5 Å². The van der Waals surface area contributed by atoms with E-state index in [2.05, 4.69) is 5.32 Å². The minimum absolute atomic E-state index is 0.0836. The van der Waals surface area contributed by atoms with Crippen LogP contribution in [0.4, 0.5) is 0 Å². The Labute approximate surface area is 155 Å². The summed E-state index contributed by atoms with van der Waals surface area (Å²) in [6.07, 6.45) is 0.0836. The van der Waals surface area contributed by atoms with Gasteiger partial charge >= 0.3 is 5.97 Å². The number of nitrogens with one attached hydrogen (secondary N) is 1. The van der Waals surface area contributed by atoms with Crippen LogP contribution in [-0.4, -0.2) is 31.6 Å². The summed E-state index contributed by atoms with van der Waals surface area (Å²) in [6.45, 7) is 0.565. The minimum Gasteiger partial charge on any atom is -0.490 e. The predicted octanol–water partition coefficient (Wildman–Crippen LogP) is 3.74. The lowest BCUT2D eigenvalue weighted by molar-refractivity contribution is -0.144. The molecule has 0 unspecified atom stereocenters. The lowest BCUT2D eigenvalue weighted by Crippen LogP contribution is -2.26. The Bertz CT molecular complexity index is 702. The van der Waals surface area contributed by atoms with Gasteiger partial charge in [0.25, 0.3) is 5.91 Å². The molecule has 25 heavy (non-hydrogen) atoms. The van der Waals surface area contributed by atoms with Gasteiger partial charge in [-0.2, -0.15) is 0 Å². The molecule has 0 atom stereocenters. The molecule has 0 saturated carbocycles. The molecular formula is C18H17Cl2NO4. The number of esters is 1. The van der Waals surface area contributed by atoms with Gasteiger partial charge in [-0.3, -0.25) is 9.59 Å². The van der Waals surface area contributed by atoms with Crippen LogP contribution in [-0.2, 0) is 9.53 Å². The number of benzene rings is 2. The summed E-state index contributed by atoms with van der Waals surface area (Å²) < 4.78 is 10.4. The van der Waals surface area contributed by atoms with Gasteiger partial charge in [-0.15, -0.1) is 0 Å². The fourth-order valence-corrected chi connectivity index (χ4v) is 2.15. The smallest absolute Gasteiger partial charge is 0.307 e. The van der Waals surface area contributed by atoms with Gasteiger partial charge in [0.05, 0.1) is 6.42 Å². The fraction of sp³-hybridized carbons (Fsp3) is 0.222. The van der Waals surface area contributed by atoms with E-state index >= 15 is 0 Å². The highest BCUT2D eigenvalue weighted by atomic mass is 35.5.